The molecule has 0 atom stereocenters. The van der Waals surface area contributed by atoms with Crippen molar-refractivity contribution in [1.82, 2.24) is 4.98 Å². The Bertz CT molecular complexity index is 610. The summed E-state index contributed by atoms with van der Waals surface area (Å²) < 4.78 is 4.93. The summed E-state index contributed by atoms with van der Waals surface area (Å²) in [7, 11) is 0. The Hall–Kier alpha value is -2.08. The van der Waals surface area contributed by atoms with E-state index in [1.54, 1.807) is 36.5 Å². The van der Waals surface area contributed by atoms with E-state index < -0.39 is 0 Å². The Morgan fingerprint density at radius 1 is 1.50 bits per heavy atom. The minimum atomic E-state index is -0.360. The van der Waals surface area contributed by atoms with Gasteiger partial charge in [0.15, 0.2) is 0 Å². The van der Waals surface area contributed by atoms with Gasteiger partial charge >= 0.3 is 5.97 Å². The number of hydrogen-bond donors (Lipinski definition) is 2. The highest BCUT2D eigenvalue weighted by atomic mass is 32.1. The highest BCUT2D eigenvalue weighted by Gasteiger charge is 2.09. The van der Waals surface area contributed by atoms with Gasteiger partial charge in [0, 0.05) is 5.38 Å². The topological polar surface area (TPSA) is 77.2 Å². The molecule has 1 heterocycles. The van der Waals surface area contributed by atoms with Crippen molar-refractivity contribution in [3.05, 3.63) is 39.8 Å². The molecule has 20 heavy (non-hydrogen) atoms. The first-order chi connectivity index (χ1) is 9.60. The zero-order valence-electron chi connectivity index (χ0n) is 11.5. The van der Waals surface area contributed by atoms with Crippen molar-refractivity contribution in [2.24, 2.45) is 0 Å². The van der Waals surface area contributed by atoms with Crippen molar-refractivity contribution in [3.63, 3.8) is 0 Å². The summed E-state index contributed by atoms with van der Waals surface area (Å²) in [6.45, 7) is 4.69. The monoisotopic (exact) mass is 291 g/mol. The molecular weight excluding hydrogens is 274 g/mol. The van der Waals surface area contributed by atoms with Crippen molar-refractivity contribution in [2.45, 2.75) is 20.4 Å². The standard InChI is InChI=1S/C14H17N3O2S/c1-3-19-14(18)10-4-5-13(12(15)6-10)16-7-11-8-20-9(2)17-11/h4-6,8,16H,3,7,15H2,1-2H3. The Morgan fingerprint density at radius 3 is 2.90 bits per heavy atom. The third-order valence-corrected chi connectivity index (χ3v) is 3.51. The summed E-state index contributed by atoms with van der Waals surface area (Å²) in [5.74, 6) is -0.360. The zero-order valence-corrected chi connectivity index (χ0v) is 12.3. The largest absolute Gasteiger partial charge is 0.462 e. The molecular formula is C14H17N3O2S. The summed E-state index contributed by atoms with van der Waals surface area (Å²) in [4.78, 5) is 16.0. The van der Waals surface area contributed by atoms with E-state index in [9.17, 15) is 4.79 Å². The smallest absolute Gasteiger partial charge is 0.338 e. The summed E-state index contributed by atoms with van der Waals surface area (Å²) in [6, 6.07) is 5.09. The van der Waals surface area contributed by atoms with Gasteiger partial charge in [-0.3, -0.25) is 0 Å². The van der Waals surface area contributed by atoms with Crippen molar-refractivity contribution < 1.29 is 9.53 Å². The molecule has 2 aromatic rings. The molecule has 0 unspecified atom stereocenters. The maximum absolute atomic E-state index is 11.6. The number of ether oxygens (including phenoxy) is 1. The summed E-state index contributed by atoms with van der Waals surface area (Å²) >= 11 is 1.61. The Morgan fingerprint density at radius 2 is 2.30 bits per heavy atom. The second-order valence-corrected chi connectivity index (χ2v) is 5.30. The number of benzene rings is 1. The van der Waals surface area contributed by atoms with Crippen LogP contribution in [0.25, 0.3) is 0 Å². The van der Waals surface area contributed by atoms with Gasteiger partial charge in [-0.05, 0) is 32.0 Å². The van der Waals surface area contributed by atoms with Crippen molar-refractivity contribution in [1.29, 1.82) is 0 Å². The highest BCUT2D eigenvalue weighted by molar-refractivity contribution is 7.09. The van der Waals surface area contributed by atoms with E-state index in [-0.39, 0.29) is 5.97 Å². The molecule has 3 N–H and O–H groups in total. The maximum atomic E-state index is 11.6. The number of esters is 1. The fraction of sp³-hybridized carbons (Fsp3) is 0.286. The number of nitrogen functional groups attached to an aromatic ring is 1. The van der Waals surface area contributed by atoms with Crippen LogP contribution >= 0.6 is 11.3 Å². The van der Waals surface area contributed by atoms with Crippen LogP contribution in [0.2, 0.25) is 0 Å². The Kier molecular flexibility index (Phi) is 4.57. The quantitative estimate of drug-likeness (QED) is 0.654. The van der Waals surface area contributed by atoms with Crippen LogP contribution in [-0.2, 0) is 11.3 Å². The van der Waals surface area contributed by atoms with Gasteiger partial charge in [-0.1, -0.05) is 0 Å². The van der Waals surface area contributed by atoms with Crippen LogP contribution in [-0.4, -0.2) is 17.6 Å². The van der Waals surface area contributed by atoms with E-state index in [0.717, 1.165) is 16.4 Å². The minimum absolute atomic E-state index is 0.349. The molecule has 0 amide bonds. The molecule has 5 nitrogen and oxygen atoms in total. The number of aryl methyl sites for hydroxylation is 1. The van der Waals surface area contributed by atoms with Crippen LogP contribution in [0, 0.1) is 6.92 Å². The average molecular weight is 291 g/mol. The number of nitrogens with two attached hydrogens (primary N) is 1. The molecule has 0 bridgehead atoms. The predicted molar refractivity (Wildman–Crippen MR) is 81.0 cm³/mol. The lowest BCUT2D eigenvalue weighted by molar-refractivity contribution is 0.0526. The average Bonchev–Trinajstić information content (AvgIpc) is 2.83. The first kappa shape index (κ1) is 14.3. The molecule has 0 saturated heterocycles. The van der Waals surface area contributed by atoms with Gasteiger partial charge in [0.1, 0.15) is 0 Å². The van der Waals surface area contributed by atoms with Gasteiger partial charge in [0.05, 0.1) is 40.8 Å². The second-order valence-electron chi connectivity index (χ2n) is 4.23. The van der Waals surface area contributed by atoms with E-state index >= 15 is 0 Å². The summed E-state index contributed by atoms with van der Waals surface area (Å²) in [6.07, 6.45) is 0. The third-order valence-electron chi connectivity index (χ3n) is 2.69. The molecule has 1 aromatic heterocycles. The van der Waals surface area contributed by atoms with Crippen LogP contribution in [0.15, 0.2) is 23.6 Å². The SMILES string of the molecule is CCOC(=O)c1ccc(NCc2csc(C)n2)c(N)c1. The van der Waals surface area contributed by atoms with Crippen molar-refractivity contribution in [2.75, 3.05) is 17.7 Å². The fourth-order valence-corrected chi connectivity index (χ4v) is 2.35. The van der Waals surface area contributed by atoms with E-state index in [4.69, 9.17) is 10.5 Å². The number of nitrogens with zero attached hydrogens (tertiary/aromatic N) is 1. The number of nitrogens with one attached hydrogen (secondary N) is 1. The zero-order chi connectivity index (χ0) is 14.5. The molecule has 2 rings (SSSR count). The molecule has 106 valence electrons. The number of rotatable bonds is 5. The number of aromatic nitrogens is 1. The Labute approximate surface area is 121 Å². The van der Waals surface area contributed by atoms with E-state index in [1.807, 2.05) is 12.3 Å². The van der Waals surface area contributed by atoms with Crippen LogP contribution in [0.3, 0.4) is 0 Å². The molecule has 0 spiro atoms. The van der Waals surface area contributed by atoms with Gasteiger partial charge < -0.3 is 15.8 Å². The normalized spacial score (nSPS) is 10.3. The maximum Gasteiger partial charge on any atom is 0.338 e. The van der Waals surface area contributed by atoms with E-state index in [1.165, 1.54) is 0 Å². The molecule has 0 aliphatic rings. The van der Waals surface area contributed by atoms with E-state index in [2.05, 4.69) is 10.3 Å². The van der Waals surface area contributed by atoms with Crippen molar-refractivity contribution >= 4 is 28.7 Å². The van der Waals surface area contributed by atoms with Gasteiger partial charge in [-0.2, -0.15) is 0 Å². The highest BCUT2D eigenvalue weighted by Crippen LogP contribution is 2.21. The predicted octanol–water partition coefficient (Wildman–Crippen LogP) is 2.82. The Balaban J connectivity index is 2.04. The van der Waals surface area contributed by atoms with Gasteiger partial charge in [0.2, 0.25) is 0 Å². The molecule has 0 aliphatic carbocycles. The molecule has 0 aliphatic heterocycles. The first-order valence-electron chi connectivity index (χ1n) is 6.31. The van der Waals surface area contributed by atoms with Crippen LogP contribution in [0.1, 0.15) is 28.0 Å². The minimum Gasteiger partial charge on any atom is -0.462 e. The van der Waals surface area contributed by atoms with Gasteiger partial charge in [0.25, 0.3) is 0 Å². The third kappa shape index (κ3) is 3.48. The van der Waals surface area contributed by atoms with Crippen LogP contribution in [0.4, 0.5) is 11.4 Å². The fourth-order valence-electron chi connectivity index (χ4n) is 1.74. The van der Waals surface area contributed by atoms with E-state index in [0.29, 0.717) is 24.4 Å². The number of carbonyl (C=O) groups excluding carboxylic acids is 1. The number of hydrogen-bond acceptors (Lipinski definition) is 6. The van der Waals surface area contributed by atoms with Gasteiger partial charge in [-0.15, -0.1) is 11.3 Å². The number of thiazole rings is 1. The van der Waals surface area contributed by atoms with Crippen LogP contribution in [0.5, 0.6) is 0 Å². The van der Waals surface area contributed by atoms with Gasteiger partial charge in [-0.25, -0.2) is 9.78 Å². The molecule has 0 radical (unpaired) electrons. The molecule has 1 aromatic carbocycles. The molecule has 6 heteroatoms. The lowest BCUT2D eigenvalue weighted by atomic mass is 10.1. The van der Waals surface area contributed by atoms with Crippen LogP contribution < -0.4 is 11.1 Å². The lowest BCUT2D eigenvalue weighted by Gasteiger charge is -2.09. The number of carbonyl (C=O) groups is 1. The summed E-state index contributed by atoms with van der Waals surface area (Å²) in [5, 5.41) is 6.25. The lowest BCUT2D eigenvalue weighted by Crippen LogP contribution is -2.07. The first-order valence-corrected chi connectivity index (χ1v) is 7.19. The number of anilines is 2. The molecule has 0 saturated carbocycles. The second kappa shape index (κ2) is 6.38. The summed E-state index contributed by atoms with van der Waals surface area (Å²) in [5.41, 5.74) is 8.67. The molecule has 0 fully saturated rings. The van der Waals surface area contributed by atoms with Crippen molar-refractivity contribution in [3.8, 4) is 0 Å².